The summed E-state index contributed by atoms with van der Waals surface area (Å²) in [4.78, 5) is 24.5. The van der Waals surface area contributed by atoms with Crippen molar-refractivity contribution in [3.05, 3.63) is 45.6 Å². The van der Waals surface area contributed by atoms with Crippen LogP contribution in [-0.2, 0) is 6.18 Å². The van der Waals surface area contributed by atoms with Crippen molar-refractivity contribution in [1.29, 1.82) is 0 Å². The van der Waals surface area contributed by atoms with Gasteiger partial charge in [0.2, 0.25) is 0 Å². The maximum atomic E-state index is 12.8. The summed E-state index contributed by atoms with van der Waals surface area (Å²) >= 11 is 1.11. The van der Waals surface area contributed by atoms with Crippen LogP contribution in [-0.4, -0.2) is 23.5 Å². The molecule has 0 aliphatic heterocycles. The fourth-order valence-electron chi connectivity index (χ4n) is 2.00. The quantitative estimate of drug-likeness (QED) is 0.746. The van der Waals surface area contributed by atoms with Gasteiger partial charge in [0, 0.05) is 12.1 Å². The van der Waals surface area contributed by atoms with Crippen molar-refractivity contribution < 1.29 is 27.9 Å². The highest BCUT2D eigenvalue weighted by Crippen LogP contribution is 2.36. The topological polar surface area (TPSA) is 78.4 Å². The third-order valence-electron chi connectivity index (χ3n) is 3.22. The number of benzene rings is 1. The average molecular weight is 372 g/mol. The summed E-state index contributed by atoms with van der Waals surface area (Å²) in [6, 6.07) is 3.94. The lowest BCUT2D eigenvalue weighted by Crippen LogP contribution is -2.24. The number of aromatic hydroxyl groups is 1. The number of hydrogen-bond acceptors (Lipinski definition) is 4. The number of amides is 2. The maximum Gasteiger partial charge on any atom is 0.419 e. The van der Waals surface area contributed by atoms with Crippen molar-refractivity contribution in [2.45, 2.75) is 19.5 Å². The van der Waals surface area contributed by atoms with E-state index in [0.29, 0.717) is 12.6 Å². The molecule has 0 aliphatic carbocycles. The molecule has 1 aromatic heterocycles. The Kier molecular flexibility index (Phi) is 5.68. The minimum atomic E-state index is -4.78. The molecule has 0 radical (unpaired) electrons. The molecule has 0 spiro atoms. The number of alkyl halides is 3. The summed E-state index contributed by atoms with van der Waals surface area (Å²) in [5.41, 5.74) is -1.37. The molecule has 0 fully saturated rings. The van der Waals surface area contributed by atoms with Crippen molar-refractivity contribution in [2.24, 2.45) is 0 Å². The van der Waals surface area contributed by atoms with Crippen molar-refractivity contribution in [2.75, 3.05) is 11.9 Å². The Morgan fingerprint density at radius 1 is 1.20 bits per heavy atom. The van der Waals surface area contributed by atoms with Gasteiger partial charge in [-0.1, -0.05) is 6.92 Å². The van der Waals surface area contributed by atoms with Crippen LogP contribution in [0.2, 0.25) is 0 Å². The van der Waals surface area contributed by atoms with Crippen LogP contribution in [0.3, 0.4) is 0 Å². The largest absolute Gasteiger partial charge is 0.507 e. The molecule has 5 nitrogen and oxygen atoms in total. The van der Waals surface area contributed by atoms with Gasteiger partial charge < -0.3 is 15.7 Å². The molecule has 0 saturated carbocycles. The highest BCUT2D eigenvalue weighted by atomic mass is 32.1. The second-order valence-corrected chi connectivity index (χ2v) is 6.02. The molecule has 2 rings (SSSR count). The fourth-order valence-corrected chi connectivity index (χ4v) is 2.77. The lowest BCUT2D eigenvalue weighted by molar-refractivity contribution is -0.138. The van der Waals surface area contributed by atoms with E-state index in [0.717, 1.165) is 29.9 Å². The van der Waals surface area contributed by atoms with Gasteiger partial charge in [-0.3, -0.25) is 9.59 Å². The SMILES string of the molecule is CCCNC(=O)c1sccc1NC(=O)c1ccc(O)c(C(F)(F)F)c1. The summed E-state index contributed by atoms with van der Waals surface area (Å²) in [6.45, 7) is 2.36. The van der Waals surface area contributed by atoms with E-state index in [-0.39, 0.29) is 22.0 Å². The molecule has 1 aromatic carbocycles. The van der Waals surface area contributed by atoms with E-state index < -0.39 is 23.4 Å². The zero-order valence-electron chi connectivity index (χ0n) is 13.1. The molecule has 134 valence electrons. The van der Waals surface area contributed by atoms with Crippen LogP contribution in [0.15, 0.2) is 29.6 Å². The second kappa shape index (κ2) is 7.56. The Balaban J connectivity index is 2.21. The molecule has 2 amide bonds. The van der Waals surface area contributed by atoms with Gasteiger partial charge in [-0.15, -0.1) is 11.3 Å². The first-order chi connectivity index (χ1) is 11.7. The number of thiophene rings is 1. The molecule has 0 aliphatic rings. The molecule has 25 heavy (non-hydrogen) atoms. The number of carbonyl (C=O) groups is 2. The van der Waals surface area contributed by atoms with Crippen molar-refractivity contribution in [1.82, 2.24) is 5.32 Å². The lowest BCUT2D eigenvalue weighted by Gasteiger charge is -2.11. The van der Waals surface area contributed by atoms with Crippen LogP contribution >= 0.6 is 11.3 Å². The first kappa shape index (κ1) is 18.8. The molecule has 9 heteroatoms. The third kappa shape index (κ3) is 4.50. The molecule has 2 aromatic rings. The van der Waals surface area contributed by atoms with Gasteiger partial charge in [-0.05, 0) is 36.1 Å². The molecule has 0 bridgehead atoms. The van der Waals surface area contributed by atoms with Gasteiger partial charge in [-0.2, -0.15) is 13.2 Å². The Bertz CT molecular complexity index is 787. The van der Waals surface area contributed by atoms with Crippen LogP contribution in [0.4, 0.5) is 18.9 Å². The minimum Gasteiger partial charge on any atom is -0.507 e. The number of phenolic OH excluding ortho intramolecular Hbond substituents is 1. The Labute approximate surface area is 145 Å². The monoisotopic (exact) mass is 372 g/mol. The van der Waals surface area contributed by atoms with Crippen LogP contribution in [0, 0.1) is 0 Å². The van der Waals surface area contributed by atoms with E-state index in [1.54, 1.807) is 5.38 Å². The highest BCUT2D eigenvalue weighted by molar-refractivity contribution is 7.12. The van der Waals surface area contributed by atoms with Crippen LogP contribution in [0.1, 0.15) is 38.9 Å². The van der Waals surface area contributed by atoms with E-state index in [1.165, 1.54) is 6.07 Å². The average Bonchev–Trinajstić information content (AvgIpc) is 3.00. The van der Waals surface area contributed by atoms with E-state index in [9.17, 15) is 27.9 Å². The molecule has 0 unspecified atom stereocenters. The van der Waals surface area contributed by atoms with E-state index in [1.807, 2.05) is 6.92 Å². The Hall–Kier alpha value is -2.55. The van der Waals surface area contributed by atoms with Crippen LogP contribution in [0.25, 0.3) is 0 Å². The molecule has 0 atom stereocenters. The number of halogens is 3. The molecular formula is C16H15F3N2O3S. The number of carbonyl (C=O) groups excluding carboxylic acids is 2. The van der Waals surface area contributed by atoms with Crippen LogP contribution in [0.5, 0.6) is 5.75 Å². The standard InChI is InChI=1S/C16H15F3N2O3S/c1-2-6-20-15(24)13-11(5-7-25-13)21-14(23)9-3-4-12(22)10(8-9)16(17,18)19/h3-5,7-8,22H,2,6H2,1H3,(H,20,24)(H,21,23). The predicted molar refractivity (Wildman–Crippen MR) is 88.0 cm³/mol. The smallest absolute Gasteiger partial charge is 0.419 e. The molecular weight excluding hydrogens is 357 g/mol. The summed E-state index contributed by atoms with van der Waals surface area (Å²) in [5, 5.41) is 16.0. The zero-order chi connectivity index (χ0) is 18.6. The first-order valence-electron chi connectivity index (χ1n) is 7.31. The minimum absolute atomic E-state index is 0.213. The highest BCUT2D eigenvalue weighted by Gasteiger charge is 2.34. The lowest BCUT2D eigenvalue weighted by atomic mass is 10.1. The van der Waals surface area contributed by atoms with E-state index in [4.69, 9.17) is 0 Å². The number of rotatable bonds is 5. The van der Waals surface area contributed by atoms with Gasteiger partial charge in [0.25, 0.3) is 11.8 Å². The van der Waals surface area contributed by atoms with Crippen molar-refractivity contribution >= 4 is 28.8 Å². The van der Waals surface area contributed by atoms with Gasteiger partial charge >= 0.3 is 6.18 Å². The van der Waals surface area contributed by atoms with Gasteiger partial charge in [-0.25, -0.2) is 0 Å². The summed E-state index contributed by atoms with van der Waals surface area (Å²) in [7, 11) is 0. The van der Waals surface area contributed by atoms with Gasteiger partial charge in [0.15, 0.2) is 0 Å². The summed E-state index contributed by atoms with van der Waals surface area (Å²) < 4.78 is 38.4. The number of anilines is 1. The normalized spacial score (nSPS) is 11.2. The van der Waals surface area contributed by atoms with E-state index >= 15 is 0 Å². The molecule has 0 saturated heterocycles. The molecule has 1 heterocycles. The number of hydrogen-bond donors (Lipinski definition) is 3. The number of nitrogens with one attached hydrogen (secondary N) is 2. The van der Waals surface area contributed by atoms with Crippen LogP contribution < -0.4 is 10.6 Å². The van der Waals surface area contributed by atoms with Gasteiger partial charge in [0.1, 0.15) is 10.6 Å². The number of phenols is 1. The fraction of sp³-hybridized carbons (Fsp3) is 0.250. The van der Waals surface area contributed by atoms with Crippen molar-refractivity contribution in [3.8, 4) is 5.75 Å². The summed E-state index contributed by atoms with van der Waals surface area (Å²) in [5.74, 6) is -2.14. The van der Waals surface area contributed by atoms with Gasteiger partial charge in [0.05, 0.1) is 11.3 Å². The maximum absolute atomic E-state index is 12.8. The first-order valence-corrected chi connectivity index (χ1v) is 8.19. The predicted octanol–water partition coefficient (Wildman–Crippen LogP) is 3.86. The molecule has 3 N–H and O–H groups in total. The van der Waals surface area contributed by atoms with Crippen molar-refractivity contribution in [3.63, 3.8) is 0 Å². The zero-order valence-corrected chi connectivity index (χ0v) is 13.9. The summed E-state index contributed by atoms with van der Waals surface area (Å²) in [6.07, 6.45) is -4.04. The Morgan fingerprint density at radius 3 is 2.56 bits per heavy atom. The third-order valence-corrected chi connectivity index (χ3v) is 4.13. The van der Waals surface area contributed by atoms with E-state index in [2.05, 4.69) is 10.6 Å². The Morgan fingerprint density at radius 2 is 1.92 bits per heavy atom. The second-order valence-electron chi connectivity index (χ2n) is 5.10.